The fourth-order valence-electron chi connectivity index (χ4n) is 2.95. The molecule has 1 N–H and O–H groups in total. The van der Waals surface area contributed by atoms with Crippen LogP contribution in [0.3, 0.4) is 0 Å². The number of ether oxygens (including phenoxy) is 1. The maximum Gasteiger partial charge on any atom is 0.270 e. The van der Waals surface area contributed by atoms with Crippen molar-refractivity contribution in [3.8, 4) is 0 Å². The highest BCUT2D eigenvalue weighted by atomic mass is 79.9. The van der Waals surface area contributed by atoms with Crippen molar-refractivity contribution in [2.24, 2.45) is 0 Å². The number of aryl methyl sites for hydroxylation is 1. The van der Waals surface area contributed by atoms with E-state index >= 15 is 0 Å². The molecule has 1 aliphatic rings. The van der Waals surface area contributed by atoms with Gasteiger partial charge in [-0.15, -0.1) is 0 Å². The Hall–Kier alpha value is -1.50. The number of rotatable bonds is 5. The van der Waals surface area contributed by atoms with Crippen LogP contribution in [0.1, 0.15) is 22.6 Å². The van der Waals surface area contributed by atoms with Gasteiger partial charge in [-0.25, -0.2) is 4.98 Å². The number of carbonyl (C=O) groups excluding carboxylic acids is 1. The van der Waals surface area contributed by atoms with Gasteiger partial charge in [-0.05, 0) is 32.0 Å². The second kappa shape index (κ2) is 8.05. The molecule has 0 unspecified atom stereocenters. The van der Waals surface area contributed by atoms with E-state index in [-0.39, 0.29) is 5.91 Å². The number of fused-ring (bicyclic) bond motifs is 1. The highest BCUT2D eigenvalue weighted by molar-refractivity contribution is 9.10. The maximum atomic E-state index is 12.6. The molecule has 1 fully saturated rings. The summed E-state index contributed by atoms with van der Waals surface area (Å²) in [7, 11) is 0. The number of hydrogen-bond acceptors (Lipinski definition) is 4. The molecule has 24 heavy (non-hydrogen) atoms. The number of nitrogens with one attached hydrogen (secondary N) is 1. The first-order chi connectivity index (χ1) is 11.6. The Morgan fingerprint density at radius 2 is 2.12 bits per heavy atom. The van der Waals surface area contributed by atoms with Crippen LogP contribution < -0.4 is 5.32 Å². The lowest BCUT2D eigenvalue weighted by atomic mass is 10.1. The van der Waals surface area contributed by atoms with E-state index in [1.54, 1.807) is 0 Å². The van der Waals surface area contributed by atoms with Gasteiger partial charge in [-0.1, -0.05) is 28.1 Å². The number of aromatic nitrogens is 1. The minimum Gasteiger partial charge on any atom is -0.379 e. The zero-order valence-corrected chi connectivity index (χ0v) is 15.4. The van der Waals surface area contributed by atoms with E-state index in [1.807, 2.05) is 31.2 Å². The number of nitrogens with zero attached hydrogens (tertiary/aromatic N) is 2. The molecule has 3 rings (SSSR count). The molecule has 6 heteroatoms. The number of pyridine rings is 1. The zero-order chi connectivity index (χ0) is 16.9. The first kappa shape index (κ1) is 17.3. The van der Waals surface area contributed by atoms with E-state index < -0.39 is 0 Å². The molecule has 1 aromatic carbocycles. The van der Waals surface area contributed by atoms with Gasteiger partial charge >= 0.3 is 0 Å². The van der Waals surface area contributed by atoms with Crippen molar-refractivity contribution in [2.75, 3.05) is 39.4 Å². The van der Waals surface area contributed by atoms with Crippen LogP contribution in [0, 0.1) is 6.92 Å². The summed E-state index contributed by atoms with van der Waals surface area (Å²) in [5.74, 6) is -0.108. The lowest BCUT2D eigenvalue weighted by molar-refractivity contribution is 0.0374. The van der Waals surface area contributed by atoms with Gasteiger partial charge < -0.3 is 10.1 Å². The van der Waals surface area contributed by atoms with Crippen LogP contribution in [0.5, 0.6) is 0 Å². The summed E-state index contributed by atoms with van der Waals surface area (Å²) in [6.45, 7) is 7.12. The quantitative estimate of drug-likeness (QED) is 0.796. The van der Waals surface area contributed by atoms with E-state index in [4.69, 9.17) is 4.74 Å². The van der Waals surface area contributed by atoms with Gasteiger partial charge in [-0.2, -0.15) is 0 Å². The van der Waals surface area contributed by atoms with Crippen LogP contribution in [0.2, 0.25) is 0 Å². The molecule has 1 saturated heterocycles. The molecule has 2 aromatic rings. The predicted octanol–water partition coefficient (Wildman–Crippen LogP) is 2.76. The number of benzene rings is 1. The van der Waals surface area contributed by atoms with Gasteiger partial charge in [0.15, 0.2) is 0 Å². The van der Waals surface area contributed by atoms with Crippen molar-refractivity contribution < 1.29 is 9.53 Å². The van der Waals surface area contributed by atoms with Crippen molar-refractivity contribution in [3.63, 3.8) is 0 Å². The average Bonchev–Trinajstić information content (AvgIpc) is 2.59. The van der Waals surface area contributed by atoms with Gasteiger partial charge in [0.05, 0.1) is 13.2 Å². The number of hydrogen-bond donors (Lipinski definition) is 1. The number of morpholine rings is 1. The van der Waals surface area contributed by atoms with E-state index in [0.717, 1.165) is 60.2 Å². The fraction of sp³-hybridized carbons (Fsp3) is 0.444. The standard InChI is InChI=1S/C18H22BrN3O2/c1-13-12-15-14(4-2-5-16(15)19)17(21-13)18(23)20-6-3-7-22-8-10-24-11-9-22/h2,4-5,12H,3,6-11H2,1H3,(H,20,23). The summed E-state index contributed by atoms with van der Waals surface area (Å²) >= 11 is 3.55. The summed E-state index contributed by atoms with van der Waals surface area (Å²) in [5.41, 5.74) is 1.34. The third kappa shape index (κ3) is 4.12. The smallest absolute Gasteiger partial charge is 0.270 e. The molecule has 0 spiro atoms. The summed E-state index contributed by atoms with van der Waals surface area (Å²) in [5, 5.41) is 4.90. The Kier molecular flexibility index (Phi) is 5.81. The van der Waals surface area contributed by atoms with Crippen molar-refractivity contribution in [1.82, 2.24) is 15.2 Å². The highest BCUT2D eigenvalue weighted by Gasteiger charge is 2.14. The van der Waals surface area contributed by atoms with E-state index in [1.165, 1.54) is 0 Å². The minimum absolute atomic E-state index is 0.108. The summed E-state index contributed by atoms with van der Waals surface area (Å²) in [6.07, 6.45) is 0.930. The van der Waals surface area contributed by atoms with Crippen LogP contribution in [-0.4, -0.2) is 55.2 Å². The van der Waals surface area contributed by atoms with E-state index in [9.17, 15) is 4.79 Å². The molecule has 0 bridgehead atoms. The summed E-state index contributed by atoms with van der Waals surface area (Å²) < 4.78 is 6.32. The molecule has 1 aromatic heterocycles. The second-order valence-corrected chi connectivity index (χ2v) is 6.87. The molecule has 0 atom stereocenters. The van der Waals surface area contributed by atoms with Gasteiger partial charge in [-0.3, -0.25) is 9.69 Å². The molecule has 5 nitrogen and oxygen atoms in total. The molecule has 1 amide bonds. The molecule has 0 saturated carbocycles. The Morgan fingerprint density at radius 1 is 1.33 bits per heavy atom. The molecule has 2 heterocycles. The number of carbonyl (C=O) groups is 1. The molecular formula is C18H22BrN3O2. The van der Waals surface area contributed by atoms with Crippen molar-refractivity contribution in [1.29, 1.82) is 0 Å². The molecule has 0 aliphatic carbocycles. The molecule has 1 aliphatic heterocycles. The monoisotopic (exact) mass is 391 g/mol. The normalized spacial score (nSPS) is 15.6. The summed E-state index contributed by atoms with van der Waals surface area (Å²) in [6, 6.07) is 7.84. The van der Waals surface area contributed by atoms with Crippen molar-refractivity contribution >= 4 is 32.6 Å². The highest BCUT2D eigenvalue weighted by Crippen LogP contribution is 2.26. The van der Waals surface area contributed by atoms with Gasteiger partial charge in [0.1, 0.15) is 5.69 Å². The lowest BCUT2D eigenvalue weighted by Crippen LogP contribution is -2.38. The Balaban J connectivity index is 1.62. The Morgan fingerprint density at radius 3 is 2.92 bits per heavy atom. The van der Waals surface area contributed by atoms with Gasteiger partial charge in [0.2, 0.25) is 0 Å². The second-order valence-electron chi connectivity index (χ2n) is 6.01. The summed E-state index contributed by atoms with van der Waals surface area (Å²) in [4.78, 5) is 19.4. The molecule has 128 valence electrons. The first-order valence-electron chi connectivity index (χ1n) is 8.29. The third-order valence-electron chi connectivity index (χ3n) is 4.20. The third-order valence-corrected chi connectivity index (χ3v) is 4.90. The van der Waals surface area contributed by atoms with Gasteiger partial charge in [0, 0.05) is 40.6 Å². The average molecular weight is 392 g/mol. The SMILES string of the molecule is Cc1cc2c(Br)cccc2c(C(=O)NCCCN2CCOCC2)n1. The Bertz CT molecular complexity index is 730. The minimum atomic E-state index is -0.108. The van der Waals surface area contributed by atoms with Crippen LogP contribution in [0.4, 0.5) is 0 Å². The number of amides is 1. The predicted molar refractivity (Wildman–Crippen MR) is 98.4 cm³/mol. The lowest BCUT2D eigenvalue weighted by Gasteiger charge is -2.26. The Labute approximate surface area is 150 Å². The van der Waals surface area contributed by atoms with E-state index in [2.05, 4.69) is 31.1 Å². The van der Waals surface area contributed by atoms with Crippen LogP contribution in [0.25, 0.3) is 10.8 Å². The largest absolute Gasteiger partial charge is 0.379 e. The first-order valence-corrected chi connectivity index (χ1v) is 9.08. The zero-order valence-electron chi connectivity index (χ0n) is 13.8. The topological polar surface area (TPSA) is 54.5 Å². The van der Waals surface area contributed by atoms with E-state index in [0.29, 0.717) is 12.2 Å². The van der Waals surface area contributed by atoms with Gasteiger partial charge in [0.25, 0.3) is 5.91 Å². The van der Waals surface area contributed by atoms with Crippen molar-refractivity contribution in [2.45, 2.75) is 13.3 Å². The number of halogens is 1. The molecular weight excluding hydrogens is 370 g/mol. The maximum absolute atomic E-state index is 12.6. The van der Waals surface area contributed by atoms with Crippen LogP contribution in [-0.2, 0) is 4.74 Å². The molecule has 0 radical (unpaired) electrons. The van der Waals surface area contributed by atoms with Crippen LogP contribution >= 0.6 is 15.9 Å². The fourth-order valence-corrected chi connectivity index (χ4v) is 3.43. The van der Waals surface area contributed by atoms with Crippen molar-refractivity contribution in [3.05, 3.63) is 40.1 Å². The van der Waals surface area contributed by atoms with Crippen LogP contribution in [0.15, 0.2) is 28.7 Å².